The van der Waals surface area contributed by atoms with Crippen LogP contribution < -0.4 is 4.90 Å². The van der Waals surface area contributed by atoms with Gasteiger partial charge in [0.2, 0.25) is 0 Å². The molecule has 0 saturated carbocycles. The first-order valence-corrected chi connectivity index (χ1v) is 7.93. The molecule has 1 atom stereocenters. The van der Waals surface area contributed by atoms with Gasteiger partial charge in [-0.15, -0.1) is 11.3 Å². The highest BCUT2D eigenvalue weighted by atomic mass is 79.9. The van der Waals surface area contributed by atoms with Crippen LogP contribution in [-0.2, 0) is 6.42 Å². The van der Waals surface area contributed by atoms with Gasteiger partial charge in [0.05, 0.1) is 5.39 Å². The van der Waals surface area contributed by atoms with Crippen molar-refractivity contribution in [1.29, 1.82) is 0 Å². The smallest absolute Gasteiger partial charge is 0.140 e. The number of rotatable bonds is 5. The Morgan fingerprint density at radius 2 is 2.22 bits per heavy atom. The van der Waals surface area contributed by atoms with Gasteiger partial charge in [-0.3, -0.25) is 0 Å². The summed E-state index contributed by atoms with van der Waals surface area (Å²) < 4.78 is 0. The minimum atomic E-state index is 0.533. The summed E-state index contributed by atoms with van der Waals surface area (Å²) >= 11 is 5.35. The number of anilines is 1. The van der Waals surface area contributed by atoms with Crippen molar-refractivity contribution in [2.75, 3.05) is 18.5 Å². The van der Waals surface area contributed by atoms with Crippen molar-refractivity contribution in [3.8, 4) is 0 Å². The molecule has 1 unspecified atom stereocenters. The highest BCUT2D eigenvalue weighted by molar-refractivity contribution is 9.09. The van der Waals surface area contributed by atoms with Crippen LogP contribution >= 0.6 is 27.3 Å². The van der Waals surface area contributed by atoms with E-state index in [9.17, 15) is 0 Å². The van der Waals surface area contributed by atoms with Gasteiger partial charge in [0, 0.05) is 23.3 Å². The number of hydrogen-bond acceptors (Lipinski definition) is 4. The molecule has 0 aliphatic heterocycles. The molecule has 0 aromatic carbocycles. The van der Waals surface area contributed by atoms with Gasteiger partial charge >= 0.3 is 0 Å². The Bertz CT molecular complexity index is 524. The molecule has 0 saturated heterocycles. The molecule has 18 heavy (non-hydrogen) atoms. The fraction of sp³-hybridized carbons (Fsp3) is 0.538. The Labute approximate surface area is 120 Å². The van der Waals surface area contributed by atoms with E-state index in [1.54, 1.807) is 17.7 Å². The van der Waals surface area contributed by atoms with E-state index in [1.807, 2.05) is 0 Å². The third-order valence-corrected chi connectivity index (χ3v) is 4.58. The maximum Gasteiger partial charge on any atom is 0.140 e. The van der Waals surface area contributed by atoms with E-state index in [1.165, 1.54) is 10.3 Å². The average Bonchev–Trinajstić information content (AvgIpc) is 2.78. The molecule has 0 bridgehead atoms. The fourth-order valence-corrected chi connectivity index (χ4v) is 2.98. The number of hydrogen-bond donors (Lipinski definition) is 0. The van der Waals surface area contributed by atoms with Crippen LogP contribution in [0.3, 0.4) is 0 Å². The Morgan fingerprint density at radius 1 is 1.44 bits per heavy atom. The minimum absolute atomic E-state index is 0.533. The van der Waals surface area contributed by atoms with Crippen molar-refractivity contribution in [1.82, 2.24) is 9.97 Å². The molecule has 0 spiro atoms. The van der Waals surface area contributed by atoms with E-state index < -0.39 is 0 Å². The number of aryl methyl sites for hydroxylation is 1. The van der Waals surface area contributed by atoms with Gasteiger partial charge in [0.15, 0.2) is 0 Å². The lowest BCUT2D eigenvalue weighted by Crippen LogP contribution is -2.21. The van der Waals surface area contributed by atoms with Crippen LogP contribution in [0.15, 0.2) is 12.4 Å². The molecule has 5 heteroatoms. The first-order valence-electron chi connectivity index (χ1n) is 6.20. The lowest BCUT2D eigenvalue weighted by atomic mass is 10.2. The van der Waals surface area contributed by atoms with Crippen molar-refractivity contribution < 1.29 is 0 Å². The van der Waals surface area contributed by atoms with Crippen LogP contribution in [0.5, 0.6) is 0 Å². The standard InChI is InChI=1S/C13H18BrN3S/c1-4-10-7-11-12(15-8-16-13(11)18-10)17(3)6-5-9(2)14/h7-9H,4-6H2,1-3H3. The number of thiophene rings is 1. The first-order chi connectivity index (χ1) is 8.61. The predicted octanol–water partition coefficient (Wildman–Crippen LogP) is 3.86. The van der Waals surface area contributed by atoms with Crippen molar-refractivity contribution in [3.63, 3.8) is 0 Å². The molecule has 0 aliphatic rings. The van der Waals surface area contributed by atoms with Gasteiger partial charge < -0.3 is 4.90 Å². The van der Waals surface area contributed by atoms with Crippen LogP contribution in [0.4, 0.5) is 5.82 Å². The van der Waals surface area contributed by atoms with Crippen molar-refractivity contribution >= 4 is 43.3 Å². The quantitative estimate of drug-likeness (QED) is 0.781. The highest BCUT2D eigenvalue weighted by Gasteiger charge is 2.11. The molecule has 98 valence electrons. The van der Waals surface area contributed by atoms with Crippen molar-refractivity contribution in [3.05, 3.63) is 17.3 Å². The summed E-state index contributed by atoms with van der Waals surface area (Å²) in [6.45, 7) is 5.34. The summed E-state index contributed by atoms with van der Waals surface area (Å²) in [4.78, 5) is 14.0. The average molecular weight is 328 g/mol. The first kappa shape index (κ1) is 13.7. The normalized spacial score (nSPS) is 12.9. The third-order valence-electron chi connectivity index (χ3n) is 2.93. The molecule has 0 aliphatic carbocycles. The van der Waals surface area contributed by atoms with E-state index in [-0.39, 0.29) is 0 Å². The topological polar surface area (TPSA) is 29.0 Å². The monoisotopic (exact) mass is 327 g/mol. The molecule has 2 aromatic heterocycles. The van der Waals surface area contributed by atoms with Gasteiger partial charge in [-0.1, -0.05) is 29.8 Å². The number of nitrogens with zero attached hydrogens (tertiary/aromatic N) is 3. The van der Waals surface area contributed by atoms with Gasteiger partial charge in [-0.05, 0) is 18.9 Å². The van der Waals surface area contributed by atoms with Crippen LogP contribution in [-0.4, -0.2) is 28.4 Å². The lowest BCUT2D eigenvalue weighted by Gasteiger charge is -2.19. The van der Waals surface area contributed by atoms with Crippen LogP contribution in [0.25, 0.3) is 10.2 Å². The maximum absolute atomic E-state index is 4.44. The van der Waals surface area contributed by atoms with Crippen LogP contribution in [0.1, 0.15) is 25.1 Å². The molecular weight excluding hydrogens is 310 g/mol. The Balaban J connectivity index is 2.29. The van der Waals surface area contributed by atoms with Crippen molar-refractivity contribution in [2.45, 2.75) is 31.5 Å². The van der Waals surface area contributed by atoms with E-state index in [2.05, 4.69) is 57.8 Å². The zero-order chi connectivity index (χ0) is 13.1. The molecule has 2 rings (SSSR count). The Kier molecular flexibility index (Phi) is 4.56. The maximum atomic E-state index is 4.44. The van der Waals surface area contributed by atoms with Gasteiger partial charge in [-0.2, -0.15) is 0 Å². The summed E-state index contributed by atoms with van der Waals surface area (Å²) in [5.41, 5.74) is 0. The molecule has 2 aromatic rings. The summed E-state index contributed by atoms with van der Waals surface area (Å²) in [6, 6.07) is 2.23. The highest BCUT2D eigenvalue weighted by Crippen LogP contribution is 2.30. The molecule has 2 heterocycles. The van der Waals surface area contributed by atoms with Gasteiger partial charge in [0.1, 0.15) is 17.0 Å². The summed E-state index contributed by atoms with van der Waals surface area (Å²) in [5.74, 6) is 1.05. The fourth-order valence-electron chi connectivity index (χ4n) is 1.85. The molecule has 0 fully saturated rings. The third kappa shape index (κ3) is 3.01. The summed E-state index contributed by atoms with van der Waals surface area (Å²) in [5, 5.41) is 1.18. The van der Waals surface area contributed by atoms with Gasteiger partial charge in [-0.25, -0.2) is 9.97 Å². The van der Waals surface area contributed by atoms with E-state index in [0.717, 1.165) is 30.0 Å². The Hall–Kier alpha value is -0.680. The van der Waals surface area contributed by atoms with Crippen LogP contribution in [0, 0.1) is 0 Å². The van der Waals surface area contributed by atoms with E-state index in [0.29, 0.717) is 4.83 Å². The van der Waals surface area contributed by atoms with Gasteiger partial charge in [0.25, 0.3) is 0 Å². The molecule has 3 nitrogen and oxygen atoms in total. The second-order valence-electron chi connectivity index (χ2n) is 4.47. The second-order valence-corrected chi connectivity index (χ2v) is 7.15. The molecule has 0 radical (unpaired) electrons. The summed E-state index contributed by atoms with van der Waals surface area (Å²) in [6.07, 6.45) is 3.83. The largest absolute Gasteiger partial charge is 0.359 e. The lowest BCUT2D eigenvalue weighted by molar-refractivity contribution is 0.780. The summed E-state index contributed by atoms with van der Waals surface area (Å²) in [7, 11) is 2.10. The zero-order valence-corrected chi connectivity index (χ0v) is 13.4. The number of fused-ring (bicyclic) bond motifs is 1. The SMILES string of the molecule is CCc1cc2c(N(C)CCC(C)Br)ncnc2s1. The van der Waals surface area contributed by atoms with E-state index in [4.69, 9.17) is 0 Å². The zero-order valence-electron chi connectivity index (χ0n) is 11.0. The molecule has 0 N–H and O–H groups in total. The number of aromatic nitrogens is 2. The molecule has 0 amide bonds. The van der Waals surface area contributed by atoms with E-state index >= 15 is 0 Å². The van der Waals surface area contributed by atoms with Crippen LogP contribution in [0.2, 0.25) is 0 Å². The number of alkyl halides is 1. The predicted molar refractivity (Wildman–Crippen MR) is 83.1 cm³/mol. The Morgan fingerprint density at radius 3 is 2.89 bits per heavy atom. The number of halogens is 1. The minimum Gasteiger partial charge on any atom is -0.359 e. The van der Waals surface area contributed by atoms with Crippen molar-refractivity contribution in [2.24, 2.45) is 0 Å². The second kappa shape index (κ2) is 5.97. The molecular formula is C13H18BrN3S.